The summed E-state index contributed by atoms with van der Waals surface area (Å²) < 4.78 is 5.67. The minimum absolute atomic E-state index is 0.0551. The van der Waals surface area contributed by atoms with Crippen molar-refractivity contribution in [3.8, 4) is 11.5 Å². The van der Waals surface area contributed by atoms with Crippen molar-refractivity contribution in [2.75, 3.05) is 0 Å². The molecule has 0 aromatic heterocycles. The number of nitrogens with zero attached hydrogens (tertiary/aromatic N) is 1. The highest BCUT2D eigenvalue weighted by Gasteiger charge is 2.17. The minimum atomic E-state index is -0.452. The van der Waals surface area contributed by atoms with Crippen molar-refractivity contribution in [3.63, 3.8) is 0 Å². The molecule has 20 heavy (non-hydrogen) atoms. The van der Waals surface area contributed by atoms with E-state index in [4.69, 9.17) is 16.3 Å². The zero-order valence-corrected chi connectivity index (χ0v) is 12.9. The fourth-order valence-electron chi connectivity index (χ4n) is 1.73. The summed E-state index contributed by atoms with van der Waals surface area (Å²) in [6.45, 7) is 1.79. The Balaban J connectivity index is 2.42. The van der Waals surface area contributed by atoms with Crippen LogP contribution >= 0.6 is 27.5 Å². The van der Waals surface area contributed by atoms with Crippen molar-refractivity contribution in [1.29, 1.82) is 0 Å². The second-order valence-electron chi connectivity index (χ2n) is 4.22. The van der Waals surface area contributed by atoms with Crippen LogP contribution in [0.25, 0.3) is 0 Å². The maximum atomic E-state index is 11.1. The highest BCUT2D eigenvalue weighted by molar-refractivity contribution is 9.08. The van der Waals surface area contributed by atoms with Gasteiger partial charge in [-0.15, -0.1) is 0 Å². The Hall–Kier alpha value is -1.59. The largest absolute Gasteiger partial charge is 0.450 e. The van der Waals surface area contributed by atoms with Crippen molar-refractivity contribution in [3.05, 3.63) is 62.7 Å². The first kappa shape index (κ1) is 14.8. The molecule has 0 atom stereocenters. The maximum Gasteiger partial charge on any atom is 0.311 e. The highest BCUT2D eigenvalue weighted by atomic mass is 79.9. The summed E-state index contributed by atoms with van der Waals surface area (Å²) in [5, 5.41) is 12.2. The predicted molar refractivity (Wildman–Crippen MR) is 82.0 cm³/mol. The molecule has 0 fully saturated rings. The molecule has 0 unspecified atom stereocenters. The molecule has 0 saturated heterocycles. The quantitative estimate of drug-likeness (QED) is 0.427. The van der Waals surface area contributed by atoms with E-state index in [0.29, 0.717) is 16.1 Å². The SMILES string of the molecule is Cc1ccc(Oc2ccc(Cl)cc2CBr)c([N+](=O)[O-])c1. The lowest BCUT2D eigenvalue weighted by molar-refractivity contribution is -0.385. The van der Waals surface area contributed by atoms with Gasteiger partial charge in [0.1, 0.15) is 5.75 Å². The number of halogens is 2. The summed E-state index contributed by atoms with van der Waals surface area (Å²) in [5.74, 6) is 0.753. The molecule has 104 valence electrons. The summed E-state index contributed by atoms with van der Waals surface area (Å²) in [6, 6.07) is 9.99. The van der Waals surface area contributed by atoms with E-state index >= 15 is 0 Å². The second kappa shape index (κ2) is 6.24. The molecule has 6 heteroatoms. The highest BCUT2D eigenvalue weighted by Crippen LogP contribution is 2.35. The van der Waals surface area contributed by atoms with Crippen LogP contribution in [-0.2, 0) is 5.33 Å². The molecule has 0 bridgehead atoms. The number of hydrogen-bond donors (Lipinski definition) is 0. The first-order chi connectivity index (χ1) is 9.51. The average Bonchev–Trinajstić information content (AvgIpc) is 2.42. The van der Waals surface area contributed by atoms with E-state index in [2.05, 4.69) is 15.9 Å². The molecule has 0 radical (unpaired) electrons. The molecule has 0 aliphatic rings. The summed E-state index contributed by atoms with van der Waals surface area (Å²) in [5.41, 5.74) is 1.58. The van der Waals surface area contributed by atoms with Gasteiger partial charge in [0.15, 0.2) is 0 Å². The van der Waals surface area contributed by atoms with E-state index in [1.807, 2.05) is 0 Å². The van der Waals surface area contributed by atoms with Crippen LogP contribution < -0.4 is 4.74 Å². The number of rotatable bonds is 4. The number of aryl methyl sites for hydroxylation is 1. The van der Waals surface area contributed by atoms with Gasteiger partial charge >= 0.3 is 5.69 Å². The normalized spacial score (nSPS) is 10.3. The average molecular weight is 357 g/mol. The Morgan fingerprint density at radius 2 is 1.95 bits per heavy atom. The third-order valence-corrected chi connectivity index (χ3v) is 3.54. The lowest BCUT2D eigenvalue weighted by Gasteiger charge is -2.10. The maximum absolute atomic E-state index is 11.1. The van der Waals surface area contributed by atoms with Crippen molar-refractivity contribution in [2.24, 2.45) is 0 Å². The van der Waals surface area contributed by atoms with E-state index in [1.54, 1.807) is 37.3 Å². The van der Waals surface area contributed by atoms with E-state index in [-0.39, 0.29) is 11.4 Å². The second-order valence-corrected chi connectivity index (χ2v) is 5.21. The first-order valence-electron chi connectivity index (χ1n) is 5.78. The third kappa shape index (κ3) is 3.29. The van der Waals surface area contributed by atoms with Gasteiger partial charge in [-0.25, -0.2) is 0 Å². The fourth-order valence-corrected chi connectivity index (χ4v) is 2.36. The summed E-state index contributed by atoms with van der Waals surface area (Å²) >= 11 is 9.26. The van der Waals surface area contributed by atoms with Gasteiger partial charge in [-0.3, -0.25) is 10.1 Å². The zero-order chi connectivity index (χ0) is 14.7. The van der Waals surface area contributed by atoms with Crippen LogP contribution in [0.15, 0.2) is 36.4 Å². The van der Waals surface area contributed by atoms with Gasteiger partial charge in [-0.2, -0.15) is 0 Å². The molecule has 0 N–H and O–H groups in total. The minimum Gasteiger partial charge on any atom is -0.450 e. The van der Waals surface area contributed by atoms with Crippen LogP contribution in [0.1, 0.15) is 11.1 Å². The van der Waals surface area contributed by atoms with E-state index in [0.717, 1.165) is 11.1 Å². The molecular formula is C14H11BrClNO3. The van der Waals surface area contributed by atoms with Crippen molar-refractivity contribution < 1.29 is 9.66 Å². The van der Waals surface area contributed by atoms with Gasteiger partial charge in [0.2, 0.25) is 5.75 Å². The lowest BCUT2D eigenvalue weighted by atomic mass is 10.2. The van der Waals surface area contributed by atoms with Crippen molar-refractivity contribution >= 4 is 33.2 Å². The van der Waals surface area contributed by atoms with Gasteiger partial charge in [0.25, 0.3) is 0 Å². The van der Waals surface area contributed by atoms with Crippen LogP contribution in [0, 0.1) is 17.0 Å². The number of ether oxygens (including phenoxy) is 1. The lowest BCUT2D eigenvalue weighted by Crippen LogP contribution is -1.95. The van der Waals surface area contributed by atoms with Gasteiger partial charge < -0.3 is 4.74 Å². The molecule has 0 heterocycles. The Labute approximate surface area is 129 Å². The van der Waals surface area contributed by atoms with E-state index < -0.39 is 4.92 Å². The van der Waals surface area contributed by atoms with E-state index in [1.165, 1.54) is 6.07 Å². The molecular weight excluding hydrogens is 346 g/mol. The number of nitro benzene ring substituents is 1. The fraction of sp³-hybridized carbons (Fsp3) is 0.143. The molecule has 0 spiro atoms. The van der Waals surface area contributed by atoms with Gasteiger partial charge in [0.05, 0.1) is 4.92 Å². The molecule has 2 rings (SSSR count). The van der Waals surface area contributed by atoms with Crippen LogP contribution in [0.3, 0.4) is 0 Å². The molecule has 0 aliphatic heterocycles. The molecule has 0 amide bonds. The predicted octanol–water partition coefficient (Wildman–Crippen LogP) is 5.24. The molecule has 0 aliphatic carbocycles. The molecule has 4 nitrogen and oxygen atoms in total. The van der Waals surface area contributed by atoms with Crippen molar-refractivity contribution in [1.82, 2.24) is 0 Å². The van der Waals surface area contributed by atoms with Gasteiger partial charge in [-0.05, 0) is 36.8 Å². The van der Waals surface area contributed by atoms with Gasteiger partial charge in [-0.1, -0.05) is 33.6 Å². The van der Waals surface area contributed by atoms with Crippen LogP contribution in [0.5, 0.6) is 11.5 Å². The third-order valence-electron chi connectivity index (χ3n) is 2.70. The standard InChI is InChI=1S/C14H11BrClNO3/c1-9-2-4-14(12(6-9)17(18)19)20-13-5-3-11(16)7-10(13)8-15/h2-7H,8H2,1H3. The zero-order valence-electron chi connectivity index (χ0n) is 10.6. The Bertz CT molecular complexity index is 661. The summed E-state index contributed by atoms with van der Waals surface area (Å²) in [6.07, 6.45) is 0. The first-order valence-corrected chi connectivity index (χ1v) is 7.28. The van der Waals surface area contributed by atoms with Gasteiger partial charge in [0, 0.05) is 22.0 Å². The van der Waals surface area contributed by atoms with E-state index in [9.17, 15) is 10.1 Å². The Morgan fingerprint density at radius 1 is 1.25 bits per heavy atom. The molecule has 2 aromatic rings. The smallest absolute Gasteiger partial charge is 0.311 e. The Kier molecular flexibility index (Phi) is 4.62. The monoisotopic (exact) mass is 355 g/mol. The molecule has 0 saturated carbocycles. The number of alkyl halides is 1. The van der Waals surface area contributed by atoms with Crippen molar-refractivity contribution in [2.45, 2.75) is 12.3 Å². The van der Waals surface area contributed by atoms with Crippen LogP contribution in [0.2, 0.25) is 5.02 Å². The van der Waals surface area contributed by atoms with Crippen LogP contribution in [-0.4, -0.2) is 4.92 Å². The summed E-state index contributed by atoms with van der Waals surface area (Å²) in [7, 11) is 0. The Morgan fingerprint density at radius 3 is 2.60 bits per heavy atom. The number of hydrogen-bond acceptors (Lipinski definition) is 3. The number of nitro groups is 1. The molecule has 2 aromatic carbocycles. The topological polar surface area (TPSA) is 52.4 Å². The summed E-state index contributed by atoms with van der Waals surface area (Å²) in [4.78, 5) is 10.6. The number of benzene rings is 2. The van der Waals surface area contributed by atoms with Crippen LogP contribution in [0.4, 0.5) is 5.69 Å².